The third-order valence-corrected chi connectivity index (χ3v) is 7.31. The Morgan fingerprint density at radius 2 is 1.44 bits per heavy atom. The van der Waals surface area contributed by atoms with Crippen LogP contribution in [0.2, 0.25) is 0 Å². The van der Waals surface area contributed by atoms with Gasteiger partial charge in [-0.3, -0.25) is 0 Å². The maximum absolute atomic E-state index is 2.39. The number of aryl methyl sites for hydroxylation is 3. The van der Waals surface area contributed by atoms with E-state index in [2.05, 4.69) is 181 Å². The fraction of sp³-hybridized carbons (Fsp3) is 0.192. The summed E-state index contributed by atoms with van der Waals surface area (Å²) in [6.07, 6.45) is 2.20. The molecule has 0 saturated carbocycles. The van der Waals surface area contributed by atoms with E-state index < -0.39 is 0 Å². The molecule has 32 heavy (non-hydrogen) atoms. The van der Waals surface area contributed by atoms with Gasteiger partial charge in [0.15, 0.2) is 0 Å². The Labute approximate surface area is 229 Å². The molecule has 0 N–H and O–H groups in total. The zero-order valence-electron chi connectivity index (χ0n) is 18.4. The summed E-state index contributed by atoms with van der Waals surface area (Å²) in [5.41, 5.74) is 7.94. The molecule has 0 amide bonds. The van der Waals surface area contributed by atoms with Crippen LogP contribution in [0.4, 0.5) is 0 Å². The van der Waals surface area contributed by atoms with Crippen molar-refractivity contribution < 1.29 is 19.4 Å². The van der Waals surface area contributed by atoms with E-state index in [0.29, 0.717) is 0 Å². The molecule has 0 fully saturated rings. The minimum absolute atomic E-state index is 0.894. The summed E-state index contributed by atoms with van der Waals surface area (Å²) in [5.74, 6) is 0. The first-order valence-electron chi connectivity index (χ1n) is 10.3. The van der Waals surface area contributed by atoms with E-state index in [1.165, 1.54) is 37.3 Å². The Kier molecular flexibility index (Phi) is 9.95. The molecule has 3 aromatic carbocycles. The topological polar surface area (TPSA) is 13.1 Å². The van der Waals surface area contributed by atoms with Crippen molar-refractivity contribution in [1.29, 1.82) is 0 Å². The molecule has 0 aliphatic heterocycles. The molecule has 4 aromatic rings. The predicted molar refractivity (Wildman–Crippen MR) is 147 cm³/mol. The molecular weight excluding hydrogens is 803 g/mol. The van der Waals surface area contributed by atoms with Crippen LogP contribution >= 0.6 is 45.7 Å². The predicted octanol–water partition coefficient (Wildman–Crippen LogP) is 7.43. The molecule has 0 atom stereocenters. The number of rotatable bonds is 5. The molecule has 6 heteroatoms. The van der Waals surface area contributed by atoms with Crippen molar-refractivity contribution in [2.75, 3.05) is 0 Å². The van der Waals surface area contributed by atoms with Crippen LogP contribution in [0.15, 0.2) is 85.1 Å². The minimum atomic E-state index is 0.894. The third kappa shape index (κ3) is 7.24. The number of halogens is 2. The van der Waals surface area contributed by atoms with E-state index in [9.17, 15) is 0 Å². The fourth-order valence-electron chi connectivity index (χ4n) is 3.38. The molecule has 0 radical (unpaired) electrons. The van der Waals surface area contributed by atoms with Crippen molar-refractivity contribution in [3.8, 4) is 11.3 Å². The van der Waals surface area contributed by atoms with Crippen LogP contribution in [0.1, 0.15) is 22.3 Å². The first kappa shape index (κ1) is 25.6. The molecule has 4 rings (SSSR count). The monoisotopic (exact) mass is 830 g/mol. The van der Waals surface area contributed by atoms with Crippen LogP contribution in [0, 0.1) is 17.7 Å². The van der Waals surface area contributed by atoms with Gasteiger partial charge >= 0.3 is 130 Å². The molecule has 0 aliphatic carbocycles. The molecular formula is C26H27I2N3Pt. The van der Waals surface area contributed by atoms with Gasteiger partial charge in [-0.15, -0.1) is 0 Å². The van der Waals surface area contributed by atoms with Gasteiger partial charge in [-0.05, 0) is 30.5 Å². The van der Waals surface area contributed by atoms with Crippen molar-refractivity contribution in [2.24, 2.45) is 7.05 Å². The number of hydrogen-bond donors (Lipinski definition) is 0. The molecule has 1 heterocycles. The van der Waals surface area contributed by atoms with Crippen LogP contribution in [0.3, 0.4) is 0 Å². The zero-order valence-corrected chi connectivity index (χ0v) is 25.0. The first-order chi connectivity index (χ1) is 15.3. The second-order valence-electron chi connectivity index (χ2n) is 7.68. The zero-order chi connectivity index (χ0) is 23.1. The van der Waals surface area contributed by atoms with E-state index in [1.54, 1.807) is 0 Å². The number of benzene rings is 3. The van der Waals surface area contributed by atoms with E-state index >= 15 is 0 Å². The van der Waals surface area contributed by atoms with Crippen molar-refractivity contribution in [2.45, 2.75) is 26.9 Å². The van der Waals surface area contributed by atoms with Gasteiger partial charge in [0.2, 0.25) is 0 Å². The Hall–Kier alpha value is -1.02. The van der Waals surface area contributed by atoms with Crippen molar-refractivity contribution in [3.05, 3.63) is 111 Å². The van der Waals surface area contributed by atoms with E-state index in [1.807, 2.05) is 0 Å². The van der Waals surface area contributed by atoms with Crippen LogP contribution in [-0.4, -0.2) is 10.5 Å². The molecule has 170 valence electrons. The fourth-order valence-corrected chi connectivity index (χ4v) is 4.76. The number of nitrogens with zero attached hydrogens (tertiary/aromatic N) is 3. The summed E-state index contributed by atoms with van der Waals surface area (Å²) in [7, 11) is 2.09. The second-order valence-corrected chi connectivity index (χ2v) is 12.9. The van der Waals surface area contributed by atoms with Crippen molar-refractivity contribution in [3.63, 3.8) is 0 Å². The quantitative estimate of drug-likeness (QED) is 0.151. The van der Waals surface area contributed by atoms with E-state index in [4.69, 9.17) is 0 Å². The molecule has 0 aliphatic rings. The van der Waals surface area contributed by atoms with Crippen LogP contribution in [0.5, 0.6) is 0 Å². The summed E-state index contributed by atoms with van der Waals surface area (Å²) in [5, 5.41) is 0. The van der Waals surface area contributed by atoms with Gasteiger partial charge in [0.25, 0.3) is 0 Å². The average molecular weight is 830 g/mol. The van der Waals surface area contributed by atoms with Gasteiger partial charge in [-0.1, -0.05) is 18.2 Å². The van der Waals surface area contributed by atoms with Crippen LogP contribution in [0.25, 0.3) is 11.3 Å². The van der Waals surface area contributed by atoms with Crippen LogP contribution in [-0.2, 0) is 39.5 Å². The summed E-state index contributed by atoms with van der Waals surface area (Å²) in [6.45, 7) is 6.20. The van der Waals surface area contributed by atoms with Gasteiger partial charge in [-0.25, -0.2) is 0 Å². The Balaban J connectivity index is 0.000000207. The summed E-state index contributed by atoms with van der Waals surface area (Å²) in [4.78, 5) is 0. The van der Waals surface area contributed by atoms with Gasteiger partial charge in [0, 0.05) is 52.3 Å². The standard InChI is InChI=1S/C17H16N2.C9H11I2N.Pt/c1-18-13-17(16-10-6-3-7-11-16)19(14-18)12-15-8-4-2-5-9-15;1-7-3-4-9(5-8(7)2)6-12(10)11;/h2-11,13H,12H2,1H3;3-5H,6H2,1-2H3;. The van der Waals surface area contributed by atoms with Gasteiger partial charge < -0.3 is 0 Å². The van der Waals surface area contributed by atoms with Crippen molar-refractivity contribution >= 4 is 45.7 Å². The number of hydrogen-bond acceptors (Lipinski definition) is 1. The van der Waals surface area contributed by atoms with Crippen LogP contribution < -0.4 is 0 Å². The van der Waals surface area contributed by atoms with Gasteiger partial charge in [0.05, 0.1) is 0 Å². The van der Waals surface area contributed by atoms with E-state index in [-0.39, 0.29) is 0 Å². The maximum atomic E-state index is 2.39. The third-order valence-electron chi connectivity index (χ3n) is 5.21. The van der Waals surface area contributed by atoms with Gasteiger partial charge in [-0.2, -0.15) is 1.33 Å². The average Bonchev–Trinajstić information content (AvgIpc) is 3.06. The van der Waals surface area contributed by atoms with Crippen molar-refractivity contribution in [1.82, 2.24) is 10.5 Å². The first-order valence-corrected chi connectivity index (χ1v) is 13.4. The summed E-state index contributed by atoms with van der Waals surface area (Å²) < 4.78 is 7.88. The molecule has 0 bridgehead atoms. The van der Waals surface area contributed by atoms with Gasteiger partial charge in [0.1, 0.15) is 0 Å². The number of aromatic nitrogens is 2. The summed E-state index contributed by atoms with van der Waals surface area (Å²) >= 11 is 6.96. The SMILES string of the molecule is Cc1ccc(CN(I)I)cc1C.Cn1cc(-c2ccccc2)n(Cc2ccccc2)[c]1=[Pt]. The summed E-state index contributed by atoms with van der Waals surface area (Å²) in [6, 6.07) is 27.7. The second kappa shape index (κ2) is 12.4. The molecule has 1 aromatic heterocycles. The Morgan fingerprint density at radius 3 is 2.03 bits per heavy atom. The molecule has 3 nitrogen and oxygen atoms in total. The molecule has 0 saturated heterocycles. The Bertz CT molecular complexity index is 1200. The molecule has 0 unspecified atom stereocenters. The number of imidazole rings is 1. The molecule has 0 spiro atoms. The normalized spacial score (nSPS) is 10.8. The van der Waals surface area contributed by atoms with E-state index in [0.717, 1.165) is 13.1 Å². The Morgan fingerprint density at radius 1 is 0.812 bits per heavy atom.